The third-order valence-corrected chi connectivity index (χ3v) is 3.47. The molecule has 0 saturated carbocycles. The van der Waals surface area contributed by atoms with Crippen molar-refractivity contribution in [1.29, 1.82) is 0 Å². The summed E-state index contributed by atoms with van der Waals surface area (Å²) in [5, 5.41) is 3.21. The standard InChI is InChI=1S/C17H21BrO2/c1-2-3-4-10-19-16-7-5-15-13-17(20-11-9-18)8-6-14(15)12-16/h5-8,12-13H,2-4,9-11H2,1H3. The second-order valence-electron chi connectivity index (χ2n) is 4.76. The Hall–Kier alpha value is -1.22. The number of unbranched alkanes of at least 4 members (excludes halogenated alkanes) is 2. The Morgan fingerprint density at radius 3 is 2.00 bits per heavy atom. The zero-order chi connectivity index (χ0) is 14.2. The highest BCUT2D eigenvalue weighted by atomic mass is 79.9. The molecule has 0 spiro atoms. The summed E-state index contributed by atoms with van der Waals surface area (Å²) in [4.78, 5) is 0. The minimum absolute atomic E-state index is 0.685. The molecule has 0 saturated heterocycles. The van der Waals surface area contributed by atoms with Crippen LogP contribution in [-0.4, -0.2) is 18.5 Å². The van der Waals surface area contributed by atoms with Crippen LogP contribution >= 0.6 is 15.9 Å². The first-order valence-corrected chi connectivity index (χ1v) is 8.31. The van der Waals surface area contributed by atoms with Crippen LogP contribution in [0.1, 0.15) is 26.2 Å². The molecule has 0 unspecified atom stereocenters. The van der Waals surface area contributed by atoms with Crippen molar-refractivity contribution in [3.63, 3.8) is 0 Å². The molecule has 108 valence electrons. The van der Waals surface area contributed by atoms with Crippen molar-refractivity contribution in [3.05, 3.63) is 36.4 Å². The van der Waals surface area contributed by atoms with Gasteiger partial charge in [0.25, 0.3) is 0 Å². The predicted molar refractivity (Wildman–Crippen MR) is 88.3 cm³/mol. The summed E-state index contributed by atoms with van der Waals surface area (Å²) in [5.41, 5.74) is 0. The molecule has 0 amide bonds. The first-order chi connectivity index (χ1) is 9.83. The fourth-order valence-corrected chi connectivity index (χ4v) is 2.24. The number of alkyl halides is 1. The molecule has 0 fully saturated rings. The van der Waals surface area contributed by atoms with E-state index < -0.39 is 0 Å². The van der Waals surface area contributed by atoms with Crippen LogP contribution in [0.3, 0.4) is 0 Å². The first-order valence-electron chi connectivity index (χ1n) is 7.19. The number of benzene rings is 2. The molecule has 0 heterocycles. The van der Waals surface area contributed by atoms with Gasteiger partial charge in [0.2, 0.25) is 0 Å². The highest BCUT2D eigenvalue weighted by Gasteiger charge is 2.00. The molecule has 2 aromatic rings. The van der Waals surface area contributed by atoms with Crippen molar-refractivity contribution in [2.45, 2.75) is 26.2 Å². The van der Waals surface area contributed by atoms with Crippen LogP contribution in [0.4, 0.5) is 0 Å². The van der Waals surface area contributed by atoms with Gasteiger partial charge in [0.15, 0.2) is 0 Å². The number of rotatable bonds is 8. The van der Waals surface area contributed by atoms with E-state index in [4.69, 9.17) is 9.47 Å². The van der Waals surface area contributed by atoms with Gasteiger partial charge < -0.3 is 9.47 Å². The molecule has 0 aliphatic rings. The minimum Gasteiger partial charge on any atom is -0.494 e. The van der Waals surface area contributed by atoms with Crippen molar-refractivity contribution in [1.82, 2.24) is 0 Å². The van der Waals surface area contributed by atoms with E-state index in [2.05, 4.69) is 47.1 Å². The fraction of sp³-hybridized carbons (Fsp3) is 0.412. The predicted octanol–water partition coefficient (Wildman–Crippen LogP) is 5.18. The molecule has 3 heteroatoms. The van der Waals surface area contributed by atoms with E-state index in [-0.39, 0.29) is 0 Å². The van der Waals surface area contributed by atoms with Gasteiger partial charge in [-0.15, -0.1) is 0 Å². The second-order valence-corrected chi connectivity index (χ2v) is 5.56. The zero-order valence-electron chi connectivity index (χ0n) is 11.9. The van der Waals surface area contributed by atoms with Crippen LogP contribution in [-0.2, 0) is 0 Å². The smallest absolute Gasteiger partial charge is 0.119 e. The van der Waals surface area contributed by atoms with Gasteiger partial charge in [0, 0.05) is 5.33 Å². The van der Waals surface area contributed by atoms with Gasteiger partial charge in [-0.1, -0.05) is 47.8 Å². The maximum Gasteiger partial charge on any atom is 0.119 e. The summed E-state index contributed by atoms with van der Waals surface area (Å²) in [6, 6.07) is 12.4. The molecular formula is C17H21BrO2. The molecule has 0 N–H and O–H groups in total. The van der Waals surface area contributed by atoms with Crippen LogP contribution < -0.4 is 9.47 Å². The van der Waals surface area contributed by atoms with Gasteiger partial charge in [-0.25, -0.2) is 0 Å². The molecule has 20 heavy (non-hydrogen) atoms. The Morgan fingerprint density at radius 1 is 0.850 bits per heavy atom. The maximum absolute atomic E-state index is 5.77. The molecule has 0 atom stereocenters. The molecular weight excluding hydrogens is 316 g/mol. The summed E-state index contributed by atoms with van der Waals surface area (Å²) < 4.78 is 11.4. The van der Waals surface area contributed by atoms with Crippen molar-refractivity contribution >= 4 is 26.7 Å². The lowest BCUT2D eigenvalue weighted by molar-refractivity contribution is 0.306. The average Bonchev–Trinajstić information content (AvgIpc) is 2.49. The van der Waals surface area contributed by atoms with Crippen LogP contribution in [0.5, 0.6) is 11.5 Å². The molecule has 0 aliphatic heterocycles. The molecule has 0 aliphatic carbocycles. The van der Waals surface area contributed by atoms with Crippen molar-refractivity contribution in [3.8, 4) is 11.5 Å². The Morgan fingerprint density at radius 2 is 1.45 bits per heavy atom. The first kappa shape index (κ1) is 15.2. The Balaban J connectivity index is 2.02. The van der Waals surface area contributed by atoms with Crippen molar-refractivity contribution < 1.29 is 9.47 Å². The highest BCUT2D eigenvalue weighted by molar-refractivity contribution is 9.09. The molecule has 0 aromatic heterocycles. The number of fused-ring (bicyclic) bond motifs is 1. The van der Waals surface area contributed by atoms with Gasteiger partial charge in [-0.2, -0.15) is 0 Å². The fourth-order valence-electron chi connectivity index (χ4n) is 2.08. The Kier molecular flexibility index (Phi) is 6.19. The average molecular weight is 337 g/mol. The van der Waals surface area contributed by atoms with E-state index in [1.165, 1.54) is 23.6 Å². The zero-order valence-corrected chi connectivity index (χ0v) is 13.5. The summed E-state index contributed by atoms with van der Waals surface area (Å²) in [7, 11) is 0. The second kappa shape index (κ2) is 8.15. The van der Waals surface area contributed by atoms with E-state index in [9.17, 15) is 0 Å². The van der Waals surface area contributed by atoms with E-state index >= 15 is 0 Å². The van der Waals surface area contributed by atoms with Crippen molar-refractivity contribution in [2.24, 2.45) is 0 Å². The van der Waals surface area contributed by atoms with Gasteiger partial charge in [-0.3, -0.25) is 0 Å². The minimum atomic E-state index is 0.685. The van der Waals surface area contributed by atoms with E-state index in [1.807, 2.05) is 12.1 Å². The third kappa shape index (κ3) is 4.41. The maximum atomic E-state index is 5.77. The van der Waals surface area contributed by atoms with Gasteiger partial charge in [0.05, 0.1) is 13.2 Å². The summed E-state index contributed by atoms with van der Waals surface area (Å²) in [5.74, 6) is 1.86. The van der Waals surface area contributed by atoms with Crippen molar-refractivity contribution in [2.75, 3.05) is 18.5 Å². The number of hydrogen-bond acceptors (Lipinski definition) is 2. The van der Waals surface area contributed by atoms with Crippen LogP contribution in [0.25, 0.3) is 10.8 Å². The molecule has 2 aromatic carbocycles. The van der Waals surface area contributed by atoms with Gasteiger partial charge >= 0.3 is 0 Å². The molecule has 2 nitrogen and oxygen atoms in total. The van der Waals surface area contributed by atoms with E-state index in [0.29, 0.717) is 6.61 Å². The van der Waals surface area contributed by atoms with Gasteiger partial charge in [-0.05, 0) is 41.5 Å². The number of ether oxygens (including phenoxy) is 2. The lowest BCUT2D eigenvalue weighted by Gasteiger charge is -2.08. The van der Waals surface area contributed by atoms with Crippen LogP contribution in [0.2, 0.25) is 0 Å². The highest BCUT2D eigenvalue weighted by Crippen LogP contribution is 2.25. The monoisotopic (exact) mass is 336 g/mol. The largest absolute Gasteiger partial charge is 0.494 e. The van der Waals surface area contributed by atoms with Gasteiger partial charge in [0.1, 0.15) is 11.5 Å². The van der Waals surface area contributed by atoms with Crippen LogP contribution in [0, 0.1) is 0 Å². The normalized spacial score (nSPS) is 10.7. The topological polar surface area (TPSA) is 18.5 Å². The van der Waals surface area contributed by atoms with E-state index in [0.717, 1.165) is 29.9 Å². The summed E-state index contributed by atoms with van der Waals surface area (Å²) in [6.07, 6.45) is 3.56. The quantitative estimate of drug-likeness (QED) is 0.488. The number of hydrogen-bond donors (Lipinski definition) is 0. The number of halogens is 1. The third-order valence-electron chi connectivity index (χ3n) is 3.15. The van der Waals surface area contributed by atoms with E-state index in [1.54, 1.807) is 0 Å². The molecule has 2 rings (SSSR count). The Bertz CT molecular complexity index is 540. The lowest BCUT2D eigenvalue weighted by atomic mass is 10.1. The van der Waals surface area contributed by atoms with Crippen LogP contribution in [0.15, 0.2) is 36.4 Å². The molecule has 0 radical (unpaired) electrons. The summed E-state index contributed by atoms with van der Waals surface area (Å²) in [6.45, 7) is 3.68. The summed E-state index contributed by atoms with van der Waals surface area (Å²) >= 11 is 3.36. The SMILES string of the molecule is CCCCCOc1ccc2cc(OCCBr)ccc2c1. The Labute approximate surface area is 129 Å². The lowest BCUT2D eigenvalue weighted by Crippen LogP contribution is -1.98. The molecule has 0 bridgehead atoms.